The Morgan fingerprint density at radius 3 is 2.70 bits per heavy atom. The Hall–Kier alpha value is -2.86. The van der Waals surface area contributed by atoms with Crippen molar-refractivity contribution in [1.29, 1.82) is 5.26 Å². The molecule has 0 bridgehead atoms. The summed E-state index contributed by atoms with van der Waals surface area (Å²) in [6.45, 7) is 6.21. The lowest BCUT2D eigenvalue weighted by molar-refractivity contribution is 0.0773. The van der Waals surface area contributed by atoms with E-state index in [2.05, 4.69) is 26.6 Å². The zero-order valence-corrected chi connectivity index (χ0v) is 17.2. The molecule has 1 aliphatic rings. The van der Waals surface area contributed by atoms with E-state index in [0.717, 1.165) is 38.1 Å². The first-order valence-electron chi connectivity index (χ1n) is 10.1. The van der Waals surface area contributed by atoms with E-state index in [0.29, 0.717) is 24.9 Å². The Kier molecular flexibility index (Phi) is 6.77. The predicted molar refractivity (Wildman–Crippen MR) is 106 cm³/mol. The van der Waals surface area contributed by atoms with E-state index in [1.54, 1.807) is 0 Å². The molecule has 7 nitrogen and oxygen atoms in total. The molecule has 1 aliphatic heterocycles. The van der Waals surface area contributed by atoms with Crippen molar-refractivity contribution in [2.75, 3.05) is 13.1 Å². The van der Waals surface area contributed by atoms with E-state index >= 15 is 0 Å². The van der Waals surface area contributed by atoms with Crippen LogP contribution in [-0.4, -0.2) is 44.4 Å². The standard InChI is InChI=1S/C21H26F2N6O/c1-21(2,28-10-5-6-11-28)19(15-7-8-16(22)17(23)13-15)25-20(30)18-14-29(27-26-18)12-4-3-9-24/h7-8,13-14,19H,3-6,10-12H2,1-2H3,(H,25,30). The fraction of sp³-hybridized carbons (Fsp3) is 0.524. The number of carbonyl (C=O) groups excluding carboxylic acids is 1. The Labute approximate surface area is 174 Å². The van der Waals surface area contributed by atoms with Crippen molar-refractivity contribution in [3.05, 3.63) is 47.3 Å². The second-order valence-corrected chi connectivity index (χ2v) is 8.06. The molecule has 0 spiro atoms. The highest BCUT2D eigenvalue weighted by molar-refractivity contribution is 5.92. The van der Waals surface area contributed by atoms with Crippen LogP contribution in [0.3, 0.4) is 0 Å². The molecule has 1 saturated heterocycles. The zero-order valence-electron chi connectivity index (χ0n) is 17.2. The van der Waals surface area contributed by atoms with Crippen LogP contribution in [0.5, 0.6) is 0 Å². The summed E-state index contributed by atoms with van der Waals surface area (Å²) in [5.74, 6) is -2.32. The summed E-state index contributed by atoms with van der Waals surface area (Å²) in [4.78, 5) is 15.2. The summed E-state index contributed by atoms with van der Waals surface area (Å²) >= 11 is 0. The lowest BCUT2D eigenvalue weighted by atomic mass is 9.86. The average molecular weight is 416 g/mol. The molecule has 1 N–H and O–H groups in total. The predicted octanol–water partition coefficient (Wildman–Crippen LogP) is 3.21. The second kappa shape index (κ2) is 9.30. The molecule has 2 heterocycles. The number of amides is 1. The van der Waals surface area contributed by atoms with Crippen molar-refractivity contribution in [1.82, 2.24) is 25.2 Å². The van der Waals surface area contributed by atoms with Crippen molar-refractivity contribution < 1.29 is 13.6 Å². The second-order valence-electron chi connectivity index (χ2n) is 8.06. The molecule has 1 aromatic heterocycles. The van der Waals surface area contributed by atoms with Gasteiger partial charge in [-0.3, -0.25) is 14.4 Å². The van der Waals surface area contributed by atoms with Crippen molar-refractivity contribution in [2.24, 2.45) is 0 Å². The maximum Gasteiger partial charge on any atom is 0.274 e. The smallest absolute Gasteiger partial charge is 0.274 e. The molecule has 0 saturated carbocycles. The number of hydrogen-bond acceptors (Lipinski definition) is 5. The normalized spacial score (nSPS) is 15.7. The lowest BCUT2D eigenvalue weighted by Crippen LogP contribution is -2.52. The number of unbranched alkanes of at least 4 members (excludes halogenated alkanes) is 1. The Bertz CT molecular complexity index is 930. The van der Waals surface area contributed by atoms with Gasteiger partial charge in [0, 0.05) is 18.5 Å². The van der Waals surface area contributed by atoms with Gasteiger partial charge >= 0.3 is 0 Å². The van der Waals surface area contributed by atoms with Gasteiger partial charge in [0.1, 0.15) is 0 Å². The number of aromatic nitrogens is 3. The van der Waals surface area contributed by atoms with Crippen molar-refractivity contribution >= 4 is 5.91 Å². The van der Waals surface area contributed by atoms with Gasteiger partial charge in [0.15, 0.2) is 17.3 Å². The summed E-state index contributed by atoms with van der Waals surface area (Å²) in [7, 11) is 0. The summed E-state index contributed by atoms with van der Waals surface area (Å²) < 4.78 is 29.0. The molecule has 3 rings (SSSR count). The Morgan fingerprint density at radius 1 is 1.30 bits per heavy atom. The minimum absolute atomic E-state index is 0.136. The highest BCUT2D eigenvalue weighted by Crippen LogP contribution is 2.34. The third kappa shape index (κ3) is 4.82. The number of aryl methyl sites for hydroxylation is 1. The molecule has 2 aromatic rings. The molecule has 0 radical (unpaired) electrons. The maximum absolute atomic E-state index is 14.0. The Morgan fingerprint density at radius 2 is 2.03 bits per heavy atom. The zero-order chi connectivity index (χ0) is 21.7. The molecule has 9 heteroatoms. The third-order valence-corrected chi connectivity index (χ3v) is 5.63. The van der Waals surface area contributed by atoms with E-state index in [9.17, 15) is 13.6 Å². The minimum Gasteiger partial charge on any atom is -0.342 e. The minimum atomic E-state index is -0.951. The topological polar surface area (TPSA) is 86.8 Å². The summed E-state index contributed by atoms with van der Waals surface area (Å²) in [6.07, 6.45) is 4.64. The number of halogens is 2. The first-order valence-corrected chi connectivity index (χ1v) is 10.1. The van der Waals surface area contributed by atoms with Gasteiger partial charge in [-0.2, -0.15) is 5.26 Å². The number of nitrogens with zero attached hydrogens (tertiary/aromatic N) is 5. The number of hydrogen-bond donors (Lipinski definition) is 1. The van der Waals surface area contributed by atoms with E-state index in [1.807, 2.05) is 13.8 Å². The fourth-order valence-corrected chi connectivity index (χ4v) is 3.87. The van der Waals surface area contributed by atoms with E-state index in [-0.39, 0.29) is 5.69 Å². The average Bonchev–Trinajstić information content (AvgIpc) is 3.41. The van der Waals surface area contributed by atoms with E-state index < -0.39 is 29.1 Å². The summed E-state index contributed by atoms with van der Waals surface area (Å²) in [6, 6.07) is 5.19. The van der Waals surface area contributed by atoms with Gasteiger partial charge in [0.2, 0.25) is 0 Å². The molecule has 1 amide bonds. The van der Waals surface area contributed by atoms with Gasteiger partial charge in [0.05, 0.1) is 18.3 Å². The lowest BCUT2D eigenvalue weighted by Gasteiger charge is -2.42. The monoisotopic (exact) mass is 416 g/mol. The van der Waals surface area contributed by atoms with Crippen LogP contribution in [0.4, 0.5) is 8.78 Å². The van der Waals surface area contributed by atoms with Crippen LogP contribution in [0.15, 0.2) is 24.4 Å². The first kappa shape index (κ1) is 21.8. The molecule has 1 atom stereocenters. The van der Waals surface area contributed by atoms with Gasteiger partial charge in [0.25, 0.3) is 5.91 Å². The first-order chi connectivity index (χ1) is 14.3. The van der Waals surface area contributed by atoms with E-state index in [4.69, 9.17) is 5.26 Å². The van der Waals surface area contributed by atoms with Gasteiger partial charge in [-0.25, -0.2) is 8.78 Å². The highest BCUT2D eigenvalue weighted by Gasteiger charge is 2.39. The van der Waals surface area contributed by atoms with Gasteiger partial charge in [-0.15, -0.1) is 5.10 Å². The number of likely N-dealkylation sites (tertiary alicyclic amines) is 1. The molecule has 1 unspecified atom stereocenters. The van der Waals surface area contributed by atoms with Crippen LogP contribution in [-0.2, 0) is 6.54 Å². The number of benzene rings is 1. The van der Waals surface area contributed by atoms with Crippen LogP contribution in [0.25, 0.3) is 0 Å². The Balaban J connectivity index is 1.84. The van der Waals surface area contributed by atoms with Crippen LogP contribution in [0.2, 0.25) is 0 Å². The van der Waals surface area contributed by atoms with E-state index in [1.165, 1.54) is 16.9 Å². The number of nitriles is 1. The van der Waals surface area contributed by atoms with Gasteiger partial charge in [-0.1, -0.05) is 11.3 Å². The quantitative estimate of drug-likeness (QED) is 0.668. The molecule has 1 aromatic carbocycles. The molecular weight excluding hydrogens is 390 g/mol. The molecule has 160 valence electrons. The van der Waals surface area contributed by atoms with Crippen molar-refractivity contribution in [3.8, 4) is 6.07 Å². The van der Waals surface area contributed by atoms with Crippen LogP contribution in [0, 0.1) is 23.0 Å². The molecule has 30 heavy (non-hydrogen) atoms. The van der Waals surface area contributed by atoms with Crippen molar-refractivity contribution in [3.63, 3.8) is 0 Å². The van der Waals surface area contributed by atoms with Crippen LogP contribution >= 0.6 is 0 Å². The number of nitrogens with one attached hydrogen (secondary N) is 1. The van der Waals surface area contributed by atoms with Crippen LogP contribution < -0.4 is 5.32 Å². The molecule has 0 aliphatic carbocycles. The van der Waals surface area contributed by atoms with Gasteiger partial charge < -0.3 is 5.32 Å². The SMILES string of the molecule is CC(C)(C(NC(=O)c1cn(CCCC#N)nn1)c1ccc(F)c(F)c1)N1CCCC1. The maximum atomic E-state index is 14.0. The van der Waals surface area contributed by atoms with Crippen molar-refractivity contribution in [2.45, 2.75) is 57.7 Å². The molecule has 1 fully saturated rings. The van der Waals surface area contributed by atoms with Crippen LogP contribution in [0.1, 0.15) is 61.6 Å². The third-order valence-electron chi connectivity index (χ3n) is 5.63. The fourth-order valence-electron chi connectivity index (χ4n) is 3.87. The summed E-state index contributed by atoms with van der Waals surface area (Å²) in [5, 5.41) is 19.4. The largest absolute Gasteiger partial charge is 0.342 e. The molecular formula is C21H26F2N6O. The van der Waals surface area contributed by atoms with Gasteiger partial charge in [-0.05, 0) is 63.9 Å². The summed E-state index contributed by atoms with van der Waals surface area (Å²) in [5.41, 5.74) is 0.0940. The number of rotatable bonds is 8. The highest BCUT2D eigenvalue weighted by atomic mass is 19.2. The number of carbonyl (C=O) groups is 1.